The molecule has 6 heteroatoms. The fourth-order valence-electron chi connectivity index (χ4n) is 1.85. The largest absolute Gasteiger partial charge is 0.478 e. The number of anilines is 1. The summed E-state index contributed by atoms with van der Waals surface area (Å²) >= 11 is 0. The van der Waals surface area contributed by atoms with Crippen molar-refractivity contribution in [2.75, 3.05) is 5.32 Å². The smallest absolute Gasteiger partial charge is 0.335 e. The van der Waals surface area contributed by atoms with Crippen LogP contribution in [0.5, 0.6) is 0 Å². The summed E-state index contributed by atoms with van der Waals surface area (Å²) in [6.07, 6.45) is 1.32. The number of benzene rings is 1. The third kappa shape index (κ3) is 3.81. The van der Waals surface area contributed by atoms with E-state index in [1.165, 1.54) is 12.1 Å². The summed E-state index contributed by atoms with van der Waals surface area (Å²) in [5.74, 6) is -2.91. The van der Waals surface area contributed by atoms with Gasteiger partial charge < -0.3 is 15.5 Å². The summed E-state index contributed by atoms with van der Waals surface area (Å²) in [4.78, 5) is 33.8. The van der Waals surface area contributed by atoms with Crippen LogP contribution in [0.4, 0.5) is 5.69 Å². The summed E-state index contributed by atoms with van der Waals surface area (Å²) < 4.78 is 0. The highest BCUT2D eigenvalue weighted by atomic mass is 16.4. The van der Waals surface area contributed by atoms with Gasteiger partial charge in [0.1, 0.15) is 0 Å². The number of carboxylic acids is 2. The van der Waals surface area contributed by atoms with Crippen molar-refractivity contribution in [1.29, 1.82) is 0 Å². The van der Waals surface area contributed by atoms with Crippen molar-refractivity contribution in [3.8, 4) is 0 Å². The Morgan fingerprint density at radius 1 is 1.00 bits per heavy atom. The zero-order valence-corrected chi connectivity index (χ0v) is 11.3. The van der Waals surface area contributed by atoms with E-state index in [1.807, 2.05) is 13.8 Å². The highest BCUT2D eigenvalue weighted by Crippen LogP contribution is 2.18. The minimum atomic E-state index is -1.24. The number of carboxylic acid groups (broad SMARTS) is 2. The van der Waals surface area contributed by atoms with E-state index >= 15 is 0 Å². The van der Waals surface area contributed by atoms with Crippen molar-refractivity contribution in [3.63, 3.8) is 0 Å². The van der Waals surface area contributed by atoms with Crippen LogP contribution in [0.3, 0.4) is 0 Å². The second-order valence-corrected chi connectivity index (χ2v) is 4.41. The van der Waals surface area contributed by atoms with Gasteiger partial charge in [-0.15, -0.1) is 0 Å². The molecule has 1 aromatic carbocycles. The molecule has 6 nitrogen and oxygen atoms in total. The first-order valence-electron chi connectivity index (χ1n) is 6.31. The summed E-state index contributed by atoms with van der Waals surface area (Å²) in [5, 5.41) is 20.5. The first-order valence-corrected chi connectivity index (χ1v) is 6.31. The Morgan fingerprint density at radius 3 is 1.80 bits per heavy atom. The topological polar surface area (TPSA) is 104 Å². The number of nitrogens with one attached hydrogen (secondary N) is 1. The molecule has 0 unspecified atom stereocenters. The lowest BCUT2D eigenvalue weighted by Gasteiger charge is -2.13. The lowest BCUT2D eigenvalue weighted by molar-refractivity contribution is -0.120. The van der Waals surface area contributed by atoms with Crippen molar-refractivity contribution < 1.29 is 24.6 Å². The normalized spacial score (nSPS) is 10.3. The summed E-state index contributed by atoms with van der Waals surface area (Å²) in [5.41, 5.74) is -0.173. The van der Waals surface area contributed by atoms with Gasteiger partial charge in [0.15, 0.2) is 0 Å². The van der Waals surface area contributed by atoms with Gasteiger partial charge in [-0.25, -0.2) is 9.59 Å². The Bertz CT molecular complexity index is 502. The lowest BCUT2D eigenvalue weighted by Crippen LogP contribution is -2.22. The lowest BCUT2D eigenvalue weighted by atomic mass is 10.0. The maximum atomic E-state index is 11.9. The van der Waals surface area contributed by atoms with Gasteiger partial charge in [-0.05, 0) is 31.0 Å². The van der Waals surface area contributed by atoms with Crippen LogP contribution < -0.4 is 5.32 Å². The molecule has 0 radical (unpaired) electrons. The van der Waals surface area contributed by atoms with Gasteiger partial charge in [0.05, 0.1) is 11.1 Å². The second-order valence-electron chi connectivity index (χ2n) is 4.41. The summed E-state index contributed by atoms with van der Waals surface area (Å²) in [6, 6.07) is 3.54. The van der Waals surface area contributed by atoms with E-state index < -0.39 is 11.9 Å². The van der Waals surface area contributed by atoms with Crippen LogP contribution in [-0.4, -0.2) is 28.1 Å². The quantitative estimate of drug-likeness (QED) is 0.742. The van der Waals surface area contributed by atoms with Crippen molar-refractivity contribution in [2.45, 2.75) is 26.7 Å². The molecular formula is C14H17NO5. The van der Waals surface area contributed by atoms with Crippen molar-refractivity contribution in [2.24, 2.45) is 5.92 Å². The molecule has 0 aliphatic rings. The molecule has 3 N–H and O–H groups in total. The third-order valence-corrected chi connectivity index (χ3v) is 3.05. The molecular weight excluding hydrogens is 262 g/mol. The molecule has 1 aromatic rings. The van der Waals surface area contributed by atoms with Gasteiger partial charge in [-0.1, -0.05) is 13.8 Å². The van der Waals surface area contributed by atoms with Gasteiger partial charge in [-0.2, -0.15) is 0 Å². The zero-order chi connectivity index (χ0) is 15.3. The van der Waals surface area contributed by atoms with Crippen LogP contribution in [0.2, 0.25) is 0 Å². The van der Waals surface area contributed by atoms with Crippen LogP contribution in [0.1, 0.15) is 47.4 Å². The first-order chi connectivity index (χ1) is 9.38. The van der Waals surface area contributed by atoms with E-state index in [4.69, 9.17) is 10.2 Å². The number of rotatable bonds is 6. The molecule has 0 atom stereocenters. The highest BCUT2D eigenvalue weighted by Gasteiger charge is 2.17. The minimum absolute atomic E-state index is 0.176. The SMILES string of the molecule is CCC(CC)C(=O)Nc1cc(C(=O)O)cc(C(=O)O)c1. The molecule has 0 aliphatic carbocycles. The van der Waals surface area contributed by atoms with E-state index in [1.54, 1.807) is 0 Å². The van der Waals surface area contributed by atoms with Crippen molar-refractivity contribution in [1.82, 2.24) is 0 Å². The molecule has 0 bridgehead atoms. The van der Waals surface area contributed by atoms with Gasteiger partial charge in [0.25, 0.3) is 0 Å². The maximum absolute atomic E-state index is 11.9. The monoisotopic (exact) mass is 279 g/mol. The van der Waals surface area contributed by atoms with Crippen LogP contribution in [-0.2, 0) is 4.79 Å². The van der Waals surface area contributed by atoms with Crippen molar-refractivity contribution in [3.05, 3.63) is 29.3 Å². The van der Waals surface area contributed by atoms with E-state index in [0.717, 1.165) is 6.07 Å². The molecule has 0 aromatic heterocycles. The average molecular weight is 279 g/mol. The number of amides is 1. The zero-order valence-electron chi connectivity index (χ0n) is 11.3. The minimum Gasteiger partial charge on any atom is -0.478 e. The number of hydrogen-bond donors (Lipinski definition) is 3. The number of aromatic carboxylic acids is 2. The molecule has 1 rings (SSSR count). The van der Waals surface area contributed by atoms with E-state index in [2.05, 4.69) is 5.32 Å². The van der Waals surface area contributed by atoms with Gasteiger partial charge >= 0.3 is 11.9 Å². The Balaban J connectivity index is 3.08. The molecule has 1 amide bonds. The van der Waals surface area contributed by atoms with Gasteiger partial charge in [0.2, 0.25) is 5.91 Å². The molecule has 0 aliphatic heterocycles. The standard InChI is InChI=1S/C14H17NO5/c1-3-8(4-2)12(16)15-11-6-9(13(17)18)5-10(7-11)14(19)20/h5-8H,3-4H2,1-2H3,(H,15,16)(H,17,18)(H,19,20). The Hall–Kier alpha value is -2.37. The third-order valence-electron chi connectivity index (χ3n) is 3.05. The summed E-state index contributed by atoms with van der Waals surface area (Å²) in [6.45, 7) is 3.76. The van der Waals surface area contributed by atoms with E-state index in [-0.39, 0.29) is 28.6 Å². The molecule has 0 saturated heterocycles. The van der Waals surface area contributed by atoms with Gasteiger partial charge in [-0.3, -0.25) is 4.79 Å². The van der Waals surface area contributed by atoms with E-state index in [9.17, 15) is 14.4 Å². The molecule has 108 valence electrons. The van der Waals surface area contributed by atoms with Crippen molar-refractivity contribution >= 4 is 23.5 Å². The van der Waals surface area contributed by atoms with Crippen LogP contribution >= 0.6 is 0 Å². The Labute approximate surface area is 116 Å². The predicted molar refractivity (Wildman–Crippen MR) is 73.1 cm³/mol. The fraction of sp³-hybridized carbons (Fsp3) is 0.357. The van der Waals surface area contributed by atoms with E-state index in [0.29, 0.717) is 12.8 Å². The first kappa shape index (κ1) is 15.7. The molecule has 0 heterocycles. The highest BCUT2D eigenvalue weighted by molar-refractivity contribution is 5.99. The maximum Gasteiger partial charge on any atom is 0.335 e. The Kier molecular flexibility index (Phi) is 5.25. The predicted octanol–water partition coefficient (Wildman–Crippen LogP) is 2.46. The van der Waals surface area contributed by atoms with Crippen LogP contribution in [0.25, 0.3) is 0 Å². The summed E-state index contributed by atoms with van der Waals surface area (Å²) in [7, 11) is 0. The van der Waals surface area contributed by atoms with Crippen LogP contribution in [0.15, 0.2) is 18.2 Å². The molecule has 20 heavy (non-hydrogen) atoms. The fourth-order valence-corrected chi connectivity index (χ4v) is 1.85. The second kappa shape index (κ2) is 6.70. The number of carbonyl (C=O) groups excluding carboxylic acids is 1. The van der Waals surface area contributed by atoms with Gasteiger partial charge in [0, 0.05) is 11.6 Å². The molecule has 0 spiro atoms. The molecule has 0 saturated carbocycles. The number of carbonyl (C=O) groups is 3. The average Bonchev–Trinajstić information content (AvgIpc) is 2.39. The Morgan fingerprint density at radius 2 is 1.45 bits per heavy atom. The molecule has 0 fully saturated rings. The van der Waals surface area contributed by atoms with Crippen LogP contribution in [0, 0.1) is 5.92 Å². The number of hydrogen-bond acceptors (Lipinski definition) is 3.